The fourth-order valence-electron chi connectivity index (χ4n) is 2.87. The van der Waals surface area contributed by atoms with E-state index in [9.17, 15) is 0 Å². The SMILES string of the molecule is Cc1ccc(-n2c(C)nn(C[NH+](C)Cc3ccccc3)c2=S)cc1. The molecule has 5 heteroatoms. The lowest BCUT2D eigenvalue weighted by atomic mass is 10.2. The molecule has 1 atom stereocenters. The van der Waals surface area contributed by atoms with Gasteiger partial charge < -0.3 is 4.90 Å². The quantitative estimate of drug-likeness (QED) is 0.724. The van der Waals surface area contributed by atoms with Gasteiger partial charge in [-0.2, -0.15) is 9.78 Å². The van der Waals surface area contributed by atoms with Crippen molar-refractivity contribution in [2.24, 2.45) is 0 Å². The Hall–Kier alpha value is -2.24. The Kier molecular flexibility index (Phi) is 4.92. The summed E-state index contributed by atoms with van der Waals surface area (Å²) >= 11 is 5.66. The Balaban J connectivity index is 1.81. The fraction of sp³-hybridized carbons (Fsp3) is 0.263. The van der Waals surface area contributed by atoms with E-state index in [0.29, 0.717) is 0 Å². The molecule has 0 saturated heterocycles. The second kappa shape index (κ2) is 7.11. The topological polar surface area (TPSA) is 27.2 Å². The van der Waals surface area contributed by atoms with Crippen molar-refractivity contribution in [1.29, 1.82) is 0 Å². The van der Waals surface area contributed by atoms with Crippen molar-refractivity contribution in [3.63, 3.8) is 0 Å². The molecule has 0 radical (unpaired) electrons. The van der Waals surface area contributed by atoms with Crippen LogP contribution in [0.25, 0.3) is 5.69 Å². The van der Waals surface area contributed by atoms with Gasteiger partial charge in [-0.1, -0.05) is 48.0 Å². The number of nitrogens with zero attached hydrogens (tertiary/aromatic N) is 3. The second-order valence-corrected chi connectivity index (χ2v) is 6.64. The van der Waals surface area contributed by atoms with Crippen LogP contribution < -0.4 is 4.90 Å². The zero-order valence-electron chi connectivity index (χ0n) is 14.4. The molecule has 0 bridgehead atoms. The van der Waals surface area contributed by atoms with Crippen LogP contribution in [0.1, 0.15) is 17.0 Å². The van der Waals surface area contributed by atoms with Gasteiger partial charge in [-0.3, -0.25) is 4.57 Å². The molecule has 1 heterocycles. The Labute approximate surface area is 148 Å². The molecular weight excluding hydrogens is 316 g/mol. The third-order valence-corrected chi connectivity index (χ3v) is 4.46. The average Bonchev–Trinajstić information content (AvgIpc) is 2.83. The number of aryl methyl sites for hydroxylation is 2. The molecule has 1 N–H and O–H groups in total. The number of benzene rings is 2. The lowest BCUT2D eigenvalue weighted by molar-refractivity contribution is -0.917. The molecule has 0 amide bonds. The van der Waals surface area contributed by atoms with Gasteiger partial charge in [0.1, 0.15) is 12.4 Å². The van der Waals surface area contributed by atoms with E-state index in [-0.39, 0.29) is 0 Å². The molecule has 1 unspecified atom stereocenters. The van der Waals surface area contributed by atoms with Crippen LogP contribution in [-0.4, -0.2) is 21.4 Å². The summed E-state index contributed by atoms with van der Waals surface area (Å²) in [4.78, 5) is 1.34. The maximum absolute atomic E-state index is 5.66. The third-order valence-electron chi connectivity index (χ3n) is 4.06. The van der Waals surface area contributed by atoms with Crippen LogP contribution in [0.5, 0.6) is 0 Å². The smallest absolute Gasteiger partial charge is 0.207 e. The first-order chi connectivity index (χ1) is 11.5. The van der Waals surface area contributed by atoms with Crippen LogP contribution >= 0.6 is 12.2 Å². The van der Waals surface area contributed by atoms with Gasteiger partial charge in [0.05, 0.1) is 7.05 Å². The molecule has 0 saturated carbocycles. The maximum atomic E-state index is 5.66. The van der Waals surface area contributed by atoms with Crippen molar-refractivity contribution in [1.82, 2.24) is 14.3 Å². The molecule has 3 rings (SSSR count). The summed E-state index contributed by atoms with van der Waals surface area (Å²) in [5.41, 5.74) is 3.62. The van der Waals surface area contributed by atoms with Crippen LogP contribution in [0, 0.1) is 18.6 Å². The predicted octanol–water partition coefficient (Wildman–Crippen LogP) is 2.69. The van der Waals surface area contributed by atoms with Crippen LogP contribution in [0.3, 0.4) is 0 Å². The molecular formula is C19H23N4S+. The van der Waals surface area contributed by atoms with E-state index in [1.165, 1.54) is 16.0 Å². The van der Waals surface area contributed by atoms with E-state index in [1.54, 1.807) is 0 Å². The Bertz CT molecular complexity index is 863. The highest BCUT2D eigenvalue weighted by Crippen LogP contribution is 2.12. The van der Waals surface area contributed by atoms with Crippen molar-refractivity contribution in [3.8, 4) is 5.69 Å². The highest BCUT2D eigenvalue weighted by atomic mass is 32.1. The first-order valence-corrected chi connectivity index (χ1v) is 8.54. The molecule has 1 aromatic heterocycles. The number of quaternary nitrogens is 1. The van der Waals surface area contributed by atoms with E-state index >= 15 is 0 Å². The molecule has 124 valence electrons. The van der Waals surface area contributed by atoms with Gasteiger partial charge in [0, 0.05) is 11.3 Å². The maximum Gasteiger partial charge on any atom is 0.207 e. The summed E-state index contributed by atoms with van der Waals surface area (Å²) in [5, 5.41) is 4.65. The fourth-order valence-corrected chi connectivity index (χ4v) is 3.21. The first-order valence-electron chi connectivity index (χ1n) is 8.13. The van der Waals surface area contributed by atoms with E-state index < -0.39 is 0 Å². The molecule has 0 fully saturated rings. The van der Waals surface area contributed by atoms with Gasteiger partial charge in [0.15, 0.2) is 6.67 Å². The summed E-state index contributed by atoms with van der Waals surface area (Å²) < 4.78 is 4.69. The number of aromatic nitrogens is 3. The van der Waals surface area contributed by atoms with E-state index in [1.807, 2.05) is 22.2 Å². The minimum Gasteiger partial charge on any atom is -0.315 e. The van der Waals surface area contributed by atoms with Gasteiger partial charge in [-0.15, -0.1) is 0 Å². The lowest BCUT2D eigenvalue weighted by Crippen LogP contribution is -3.07. The molecule has 0 aliphatic rings. The largest absolute Gasteiger partial charge is 0.315 e. The zero-order valence-corrected chi connectivity index (χ0v) is 15.2. The molecule has 0 aliphatic carbocycles. The van der Waals surface area contributed by atoms with Crippen LogP contribution in [0.2, 0.25) is 0 Å². The summed E-state index contributed by atoms with van der Waals surface area (Å²) in [6.07, 6.45) is 0. The van der Waals surface area contributed by atoms with Crippen LogP contribution in [0.15, 0.2) is 54.6 Å². The first kappa shape index (κ1) is 16.6. The molecule has 2 aromatic carbocycles. The zero-order chi connectivity index (χ0) is 17.1. The molecule has 24 heavy (non-hydrogen) atoms. The van der Waals surface area contributed by atoms with Crippen LogP contribution in [0.4, 0.5) is 0 Å². The van der Waals surface area contributed by atoms with E-state index in [0.717, 1.165) is 29.5 Å². The van der Waals surface area contributed by atoms with Crippen molar-refractivity contribution < 1.29 is 4.90 Å². The Morgan fingerprint density at radius 2 is 1.67 bits per heavy atom. The van der Waals surface area contributed by atoms with Crippen molar-refractivity contribution in [2.45, 2.75) is 27.1 Å². The second-order valence-electron chi connectivity index (χ2n) is 6.28. The number of rotatable bonds is 5. The summed E-state index contributed by atoms with van der Waals surface area (Å²) in [5.74, 6) is 0.913. The molecule has 0 aliphatic heterocycles. The standard InChI is InChI=1S/C19H22N4S/c1-15-9-11-18(12-10-15)23-16(2)20-22(19(23)24)14-21(3)13-17-7-5-4-6-8-17/h4-12H,13-14H2,1-3H3/p+1. The highest BCUT2D eigenvalue weighted by Gasteiger charge is 2.12. The summed E-state index contributed by atoms with van der Waals surface area (Å²) in [6, 6.07) is 18.9. The normalized spacial score (nSPS) is 12.3. The minimum atomic E-state index is 0.740. The van der Waals surface area contributed by atoms with Crippen molar-refractivity contribution in [3.05, 3.63) is 76.3 Å². The predicted molar refractivity (Wildman–Crippen MR) is 98.9 cm³/mol. The van der Waals surface area contributed by atoms with Crippen molar-refractivity contribution in [2.75, 3.05) is 7.05 Å². The average molecular weight is 339 g/mol. The molecule has 0 spiro atoms. The highest BCUT2D eigenvalue weighted by molar-refractivity contribution is 7.71. The van der Waals surface area contributed by atoms with Crippen LogP contribution in [-0.2, 0) is 13.2 Å². The molecule has 4 nitrogen and oxygen atoms in total. The van der Waals surface area contributed by atoms with Crippen molar-refractivity contribution >= 4 is 12.2 Å². The number of hydrogen-bond donors (Lipinski definition) is 1. The van der Waals surface area contributed by atoms with E-state index in [2.05, 4.69) is 67.6 Å². The Morgan fingerprint density at radius 1 is 1.00 bits per heavy atom. The monoisotopic (exact) mass is 339 g/mol. The number of nitrogens with one attached hydrogen (secondary N) is 1. The molecule has 3 aromatic rings. The van der Waals surface area contributed by atoms with Gasteiger partial charge in [-0.25, -0.2) is 0 Å². The van der Waals surface area contributed by atoms with Gasteiger partial charge in [-0.05, 0) is 38.2 Å². The number of hydrogen-bond acceptors (Lipinski definition) is 2. The van der Waals surface area contributed by atoms with E-state index in [4.69, 9.17) is 12.2 Å². The van der Waals surface area contributed by atoms with Gasteiger partial charge >= 0.3 is 0 Å². The van der Waals surface area contributed by atoms with Gasteiger partial charge in [0.25, 0.3) is 0 Å². The Morgan fingerprint density at radius 3 is 2.33 bits per heavy atom. The third kappa shape index (κ3) is 3.63. The summed E-state index contributed by atoms with van der Waals surface area (Å²) in [6.45, 7) is 5.77. The lowest BCUT2D eigenvalue weighted by Gasteiger charge is -2.13. The van der Waals surface area contributed by atoms with Gasteiger partial charge in [0.2, 0.25) is 4.77 Å². The summed E-state index contributed by atoms with van der Waals surface area (Å²) in [7, 11) is 2.16. The minimum absolute atomic E-state index is 0.740.